The van der Waals surface area contributed by atoms with Crippen LogP contribution in [-0.4, -0.2) is 32.5 Å². The lowest BCUT2D eigenvalue weighted by Crippen LogP contribution is -2.36. The fraction of sp³-hybridized carbons (Fsp3) is 1.00. The van der Waals surface area contributed by atoms with Crippen molar-refractivity contribution in [2.24, 2.45) is 5.73 Å². The Morgan fingerprint density at radius 2 is 1.91 bits per heavy atom. The summed E-state index contributed by atoms with van der Waals surface area (Å²) >= 11 is 0. The van der Waals surface area contributed by atoms with E-state index in [9.17, 15) is 0 Å². The maximum Gasteiger partial charge on any atom is 0.0957 e. The summed E-state index contributed by atoms with van der Waals surface area (Å²) in [4.78, 5) is 0. The van der Waals surface area contributed by atoms with Crippen LogP contribution in [-0.2, 0) is 9.47 Å². The highest BCUT2D eigenvalue weighted by atomic mass is 16.5. The second kappa shape index (κ2) is 6.58. The number of hydrogen-bond acceptors (Lipinski definition) is 3. The molecule has 0 spiro atoms. The number of methoxy groups -OCH3 is 1. The molecule has 68 valence electrons. The quantitative estimate of drug-likeness (QED) is 0.626. The highest BCUT2D eigenvalue weighted by Gasteiger charge is 2.17. The molecule has 0 saturated heterocycles. The fourth-order valence-electron chi connectivity index (χ4n) is 1.12. The molecule has 0 aromatic rings. The molecule has 0 aromatic heterocycles. The normalized spacial score (nSPS) is 16.4. The molecular weight excluding hydrogens is 142 g/mol. The van der Waals surface area contributed by atoms with Gasteiger partial charge in [-0.25, -0.2) is 0 Å². The molecular formula is C8H19NO2. The van der Waals surface area contributed by atoms with Crippen LogP contribution >= 0.6 is 0 Å². The molecule has 0 aliphatic carbocycles. The van der Waals surface area contributed by atoms with Crippen LogP contribution in [0.4, 0.5) is 0 Å². The number of nitrogens with two attached hydrogens (primary N) is 1. The topological polar surface area (TPSA) is 44.5 Å². The highest BCUT2D eigenvalue weighted by molar-refractivity contribution is 4.69. The molecule has 0 fully saturated rings. The van der Waals surface area contributed by atoms with E-state index in [4.69, 9.17) is 15.2 Å². The van der Waals surface area contributed by atoms with Gasteiger partial charge >= 0.3 is 0 Å². The minimum atomic E-state index is 0.0509. The molecule has 2 unspecified atom stereocenters. The smallest absolute Gasteiger partial charge is 0.0957 e. The van der Waals surface area contributed by atoms with Crippen molar-refractivity contribution >= 4 is 0 Å². The fourth-order valence-corrected chi connectivity index (χ4v) is 1.12. The standard InChI is InChI=1S/C8H19NO2/c1-4-7(10-3)8(6-9)11-5-2/h7-8H,4-6,9H2,1-3H3. The third-order valence-corrected chi connectivity index (χ3v) is 1.73. The van der Waals surface area contributed by atoms with Crippen molar-refractivity contribution < 1.29 is 9.47 Å². The van der Waals surface area contributed by atoms with Gasteiger partial charge in [-0.15, -0.1) is 0 Å². The lowest BCUT2D eigenvalue weighted by atomic mass is 10.1. The molecule has 2 N–H and O–H groups in total. The van der Waals surface area contributed by atoms with Crippen LogP contribution in [0.2, 0.25) is 0 Å². The first-order valence-corrected chi connectivity index (χ1v) is 4.14. The summed E-state index contributed by atoms with van der Waals surface area (Å²) in [5.41, 5.74) is 5.51. The molecule has 0 amide bonds. The lowest BCUT2D eigenvalue weighted by Gasteiger charge is -2.23. The van der Waals surface area contributed by atoms with E-state index in [2.05, 4.69) is 6.92 Å². The monoisotopic (exact) mass is 161 g/mol. The van der Waals surface area contributed by atoms with Crippen molar-refractivity contribution in [3.8, 4) is 0 Å². The van der Waals surface area contributed by atoms with E-state index in [1.807, 2.05) is 6.92 Å². The third-order valence-electron chi connectivity index (χ3n) is 1.73. The SMILES string of the molecule is CCOC(CN)C(CC)OC. The van der Waals surface area contributed by atoms with Crippen molar-refractivity contribution in [2.45, 2.75) is 32.5 Å². The van der Waals surface area contributed by atoms with Crippen LogP contribution in [0.3, 0.4) is 0 Å². The number of hydrogen-bond donors (Lipinski definition) is 1. The van der Waals surface area contributed by atoms with Gasteiger partial charge in [0, 0.05) is 20.3 Å². The zero-order valence-electron chi connectivity index (χ0n) is 7.67. The van der Waals surface area contributed by atoms with Crippen molar-refractivity contribution in [3.63, 3.8) is 0 Å². The Morgan fingerprint density at radius 3 is 2.18 bits per heavy atom. The Bertz CT molecular complexity index is 84.2. The van der Waals surface area contributed by atoms with Gasteiger partial charge in [0.25, 0.3) is 0 Å². The van der Waals surface area contributed by atoms with Crippen LogP contribution in [0.1, 0.15) is 20.3 Å². The Kier molecular flexibility index (Phi) is 6.51. The van der Waals surface area contributed by atoms with E-state index >= 15 is 0 Å². The second-order valence-corrected chi connectivity index (χ2v) is 2.41. The van der Waals surface area contributed by atoms with Crippen LogP contribution in [0.15, 0.2) is 0 Å². The van der Waals surface area contributed by atoms with Gasteiger partial charge < -0.3 is 15.2 Å². The molecule has 0 radical (unpaired) electrons. The Labute approximate surface area is 68.9 Å². The summed E-state index contributed by atoms with van der Waals surface area (Å²) in [6, 6.07) is 0. The highest BCUT2D eigenvalue weighted by Crippen LogP contribution is 2.05. The van der Waals surface area contributed by atoms with E-state index in [-0.39, 0.29) is 12.2 Å². The molecule has 2 atom stereocenters. The zero-order valence-corrected chi connectivity index (χ0v) is 7.67. The van der Waals surface area contributed by atoms with Gasteiger partial charge in [-0.2, -0.15) is 0 Å². The molecule has 11 heavy (non-hydrogen) atoms. The average Bonchev–Trinajstić information content (AvgIpc) is 2.05. The predicted molar refractivity (Wildman–Crippen MR) is 45.6 cm³/mol. The Morgan fingerprint density at radius 1 is 1.27 bits per heavy atom. The van der Waals surface area contributed by atoms with Crippen LogP contribution in [0.5, 0.6) is 0 Å². The average molecular weight is 161 g/mol. The first kappa shape index (κ1) is 10.9. The molecule has 0 saturated carbocycles. The number of rotatable bonds is 6. The molecule has 0 heterocycles. The van der Waals surface area contributed by atoms with Gasteiger partial charge in [-0.3, -0.25) is 0 Å². The van der Waals surface area contributed by atoms with Gasteiger partial charge in [0.15, 0.2) is 0 Å². The van der Waals surface area contributed by atoms with Gasteiger partial charge in [-0.05, 0) is 13.3 Å². The molecule has 0 aliphatic heterocycles. The van der Waals surface area contributed by atoms with Crippen molar-refractivity contribution in [3.05, 3.63) is 0 Å². The van der Waals surface area contributed by atoms with Crippen LogP contribution in [0.25, 0.3) is 0 Å². The van der Waals surface area contributed by atoms with Crippen molar-refractivity contribution in [1.82, 2.24) is 0 Å². The van der Waals surface area contributed by atoms with E-state index in [0.717, 1.165) is 6.42 Å². The minimum absolute atomic E-state index is 0.0509. The molecule has 0 rings (SSSR count). The summed E-state index contributed by atoms with van der Waals surface area (Å²) in [6.45, 7) is 5.25. The molecule has 0 aromatic carbocycles. The zero-order chi connectivity index (χ0) is 8.69. The first-order chi connectivity index (χ1) is 5.29. The molecule has 0 aliphatic rings. The third kappa shape index (κ3) is 3.70. The summed E-state index contributed by atoms with van der Waals surface area (Å²) in [6.07, 6.45) is 1.13. The summed E-state index contributed by atoms with van der Waals surface area (Å²) in [5.74, 6) is 0. The maximum absolute atomic E-state index is 5.51. The van der Waals surface area contributed by atoms with Crippen molar-refractivity contribution in [2.75, 3.05) is 20.3 Å². The second-order valence-electron chi connectivity index (χ2n) is 2.41. The maximum atomic E-state index is 5.51. The van der Waals surface area contributed by atoms with E-state index in [1.165, 1.54) is 0 Å². The van der Waals surface area contributed by atoms with E-state index in [0.29, 0.717) is 13.2 Å². The molecule has 0 bridgehead atoms. The van der Waals surface area contributed by atoms with Crippen LogP contribution < -0.4 is 5.73 Å². The Hall–Kier alpha value is -0.120. The molecule has 3 heteroatoms. The summed E-state index contributed by atoms with van der Waals surface area (Å²) < 4.78 is 10.6. The summed E-state index contributed by atoms with van der Waals surface area (Å²) in [7, 11) is 1.69. The van der Waals surface area contributed by atoms with Gasteiger partial charge in [0.05, 0.1) is 12.2 Å². The summed E-state index contributed by atoms with van der Waals surface area (Å²) in [5, 5.41) is 0. The Balaban J connectivity index is 3.76. The van der Waals surface area contributed by atoms with Crippen molar-refractivity contribution in [1.29, 1.82) is 0 Å². The van der Waals surface area contributed by atoms with Crippen LogP contribution in [0, 0.1) is 0 Å². The predicted octanol–water partition coefficient (Wildman–Crippen LogP) is 0.775. The molecule has 3 nitrogen and oxygen atoms in total. The van der Waals surface area contributed by atoms with E-state index < -0.39 is 0 Å². The largest absolute Gasteiger partial charge is 0.379 e. The van der Waals surface area contributed by atoms with Gasteiger partial charge in [-0.1, -0.05) is 6.92 Å². The minimum Gasteiger partial charge on any atom is -0.379 e. The van der Waals surface area contributed by atoms with E-state index in [1.54, 1.807) is 7.11 Å². The van der Waals surface area contributed by atoms with Gasteiger partial charge in [0.1, 0.15) is 0 Å². The number of ether oxygens (including phenoxy) is 2. The first-order valence-electron chi connectivity index (χ1n) is 4.14. The van der Waals surface area contributed by atoms with Gasteiger partial charge in [0.2, 0.25) is 0 Å². The lowest BCUT2D eigenvalue weighted by molar-refractivity contribution is -0.0486.